The topological polar surface area (TPSA) is 84.9 Å². The van der Waals surface area contributed by atoms with Gasteiger partial charge in [-0.25, -0.2) is 12.7 Å². The van der Waals surface area contributed by atoms with Gasteiger partial charge in [0.25, 0.3) is 0 Å². The summed E-state index contributed by atoms with van der Waals surface area (Å²) in [7, 11) is 0.528. The average molecular weight is 425 g/mol. The van der Waals surface area contributed by atoms with E-state index in [0.717, 1.165) is 15.6 Å². The first-order valence-electron chi connectivity index (χ1n) is 8.55. The minimum atomic E-state index is -3.73. The highest BCUT2D eigenvalue weighted by molar-refractivity contribution is 7.89. The average Bonchev–Trinajstić information content (AvgIpc) is 2.67. The lowest BCUT2D eigenvalue weighted by molar-refractivity contribution is -0.121. The van der Waals surface area contributed by atoms with Gasteiger partial charge >= 0.3 is 0 Å². The number of ether oxygens (including phenoxy) is 2. The van der Waals surface area contributed by atoms with Gasteiger partial charge < -0.3 is 14.8 Å². The zero-order chi connectivity index (χ0) is 20.5. The smallest absolute Gasteiger partial charge is 0.246 e. The molecule has 150 valence electrons. The number of benzene rings is 2. The molecule has 0 aliphatic carbocycles. The van der Waals surface area contributed by atoms with Gasteiger partial charge in [-0.2, -0.15) is 0 Å². The first-order chi connectivity index (χ1) is 13.2. The number of anilines is 1. The SMILES string of the molecule is COc1ccc(NC(=O)[C@@H]2COc3ccc(Cl)cc3C2)cc1S(=O)(=O)N(C)C. The number of sulfonamides is 1. The van der Waals surface area contributed by atoms with Crippen molar-refractivity contribution in [3.8, 4) is 11.5 Å². The Labute approximate surface area is 169 Å². The summed E-state index contributed by atoms with van der Waals surface area (Å²) in [5.74, 6) is 0.250. The maximum absolute atomic E-state index is 12.7. The molecule has 0 radical (unpaired) electrons. The van der Waals surface area contributed by atoms with Crippen LogP contribution in [0.15, 0.2) is 41.3 Å². The summed E-state index contributed by atoms with van der Waals surface area (Å²) in [4.78, 5) is 12.7. The highest BCUT2D eigenvalue weighted by Crippen LogP contribution is 2.32. The molecule has 1 aliphatic rings. The monoisotopic (exact) mass is 424 g/mol. The lowest BCUT2D eigenvalue weighted by Gasteiger charge is -2.25. The second kappa shape index (κ2) is 7.98. The van der Waals surface area contributed by atoms with Crippen molar-refractivity contribution in [2.75, 3.05) is 33.1 Å². The van der Waals surface area contributed by atoms with Crippen LogP contribution in [0.5, 0.6) is 11.5 Å². The predicted octanol–water partition coefficient (Wildman–Crippen LogP) is 2.79. The zero-order valence-electron chi connectivity index (χ0n) is 15.7. The molecule has 0 bridgehead atoms. The Kier molecular flexibility index (Phi) is 5.83. The number of rotatable bonds is 5. The fourth-order valence-corrected chi connectivity index (χ4v) is 4.20. The molecule has 1 amide bonds. The van der Waals surface area contributed by atoms with Gasteiger partial charge in [0.2, 0.25) is 15.9 Å². The third kappa shape index (κ3) is 4.09. The molecule has 1 heterocycles. The quantitative estimate of drug-likeness (QED) is 0.797. The second-order valence-electron chi connectivity index (χ2n) is 6.61. The predicted molar refractivity (Wildman–Crippen MR) is 107 cm³/mol. The van der Waals surface area contributed by atoms with Crippen LogP contribution in [0.25, 0.3) is 0 Å². The molecule has 0 saturated heterocycles. The van der Waals surface area contributed by atoms with Crippen LogP contribution < -0.4 is 14.8 Å². The summed E-state index contributed by atoms with van der Waals surface area (Å²) < 4.78 is 36.9. The number of hydrogen-bond acceptors (Lipinski definition) is 5. The van der Waals surface area contributed by atoms with Crippen molar-refractivity contribution in [2.45, 2.75) is 11.3 Å². The first-order valence-corrected chi connectivity index (χ1v) is 10.4. The van der Waals surface area contributed by atoms with Crippen LogP contribution in [0.2, 0.25) is 5.02 Å². The molecule has 0 fully saturated rings. The number of amides is 1. The second-order valence-corrected chi connectivity index (χ2v) is 9.16. The van der Waals surface area contributed by atoms with Crippen LogP contribution in [-0.2, 0) is 21.2 Å². The summed E-state index contributed by atoms with van der Waals surface area (Å²) in [6.07, 6.45) is 0.487. The van der Waals surface area contributed by atoms with Crippen molar-refractivity contribution in [3.63, 3.8) is 0 Å². The van der Waals surface area contributed by atoms with Gasteiger partial charge in [-0.05, 0) is 48.4 Å². The summed E-state index contributed by atoms with van der Waals surface area (Å²) in [5.41, 5.74) is 1.23. The summed E-state index contributed by atoms with van der Waals surface area (Å²) in [6.45, 7) is 0.236. The molecule has 2 aromatic rings. The Morgan fingerprint density at radius 2 is 2.00 bits per heavy atom. The Bertz CT molecular complexity index is 1010. The van der Waals surface area contributed by atoms with Gasteiger partial charge in [0.05, 0.1) is 13.0 Å². The Balaban J connectivity index is 1.81. The van der Waals surface area contributed by atoms with Crippen molar-refractivity contribution < 1.29 is 22.7 Å². The van der Waals surface area contributed by atoms with Crippen molar-refractivity contribution in [3.05, 3.63) is 47.0 Å². The van der Waals surface area contributed by atoms with Gasteiger partial charge in [-0.1, -0.05) is 11.6 Å². The molecular weight excluding hydrogens is 404 g/mol. The van der Waals surface area contributed by atoms with E-state index in [1.807, 2.05) is 0 Å². The van der Waals surface area contributed by atoms with Crippen molar-refractivity contribution in [1.29, 1.82) is 0 Å². The molecule has 2 aromatic carbocycles. The molecule has 7 nitrogen and oxygen atoms in total. The van der Waals surface area contributed by atoms with Crippen LogP contribution in [0.3, 0.4) is 0 Å². The van der Waals surface area contributed by atoms with Gasteiger partial charge in [0, 0.05) is 24.8 Å². The molecule has 0 aromatic heterocycles. The molecular formula is C19H21ClN2O5S. The number of fused-ring (bicyclic) bond motifs is 1. The molecule has 1 aliphatic heterocycles. The maximum Gasteiger partial charge on any atom is 0.246 e. The fourth-order valence-electron chi connectivity index (χ4n) is 2.93. The molecule has 28 heavy (non-hydrogen) atoms. The molecule has 3 rings (SSSR count). The minimum absolute atomic E-state index is 0.0187. The van der Waals surface area contributed by atoms with Gasteiger partial charge in [0.1, 0.15) is 23.0 Å². The Morgan fingerprint density at radius 3 is 2.68 bits per heavy atom. The highest BCUT2D eigenvalue weighted by Gasteiger charge is 2.27. The Morgan fingerprint density at radius 1 is 1.25 bits per heavy atom. The summed E-state index contributed by atoms with van der Waals surface area (Å²) in [6, 6.07) is 9.81. The van der Waals surface area contributed by atoms with E-state index in [9.17, 15) is 13.2 Å². The number of methoxy groups -OCH3 is 1. The lowest BCUT2D eigenvalue weighted by Crippen LogP contribution is -2.32. The molecule has 1 atom stereocenters. The van der Waals surface area contributed by atoms with Gasteiger partial charge in [-0.3, -0.25) is 4.79 Å². The van der Waals surface area contributed by atoms with E-state index >= 15 is 0 Å². The Hall–Kier alpha value is -2.29. The van der Waals surface area contributed by atoms with Crippen LogP contribution in [0.1, 0.15) is 5.56 Å². The van der Waals surface area contributed by atoms with E-state index in [1.165, 1.54) is 33.3 Å². The van der Waals surface area contributed by atoms with Crippen LogP contribution in [0, 0.1) is 5.92 Å². The maximum atomic E-state index is 12.7. The van der Waals surface area contributed by atoms with E-state index < -0.39 is 15.9 Å². The van der Waals surface area contributed by atoms with Gasteiger partial charge in [-0.15, -0.1) is 0 Å². The summed E-state index contributed by atoms with van der Waals surface area (Å²) >= 11 is 6.02. The largest absolute Gasteiger partial charge is 0.495 e. The van der Waals surface area contributed by atoms with E-state index in [1.54, 1.807) is 24.3 Å². The zero-order valence-corrected chi connectivity index (χ0v) is 17.3. The van der Waals surface area contributed by atoms with Gasteiger partial charge in [0.15, 0.2) is 0 Å². The number of carbonyl (C=O) groups is 1. The van der Waals surface area contributed by atoms with Crippen molar-refractivity contribution >= 4 is 33.2 Å². The van der Waals surface area contributed by atoms with E-state index in [0.29, 0.717) is 17.1 Å². The molecule has 0 unspecified atom stereocenters. The number of halogens is 1. The van der Waals surface area contributed by atoms with Crippen LogP contribution >= 0.6 is 11.6 Å². The molecule has 0 saturated carbocycles. The summed E-state index contributed by atoms with van der Waals surface area (Å²) in [5, 5.41) is 3.35. The van der Waals surface area contributed by atoms with E-state index in [-0.39, 0.29) is 23.2 Å². The number of nitrogens with one attached hydrogen (secondary N) is 1. The van der Waals surface area contributed by atoms with Crippen LogP contribution in [0.4, 0.5) is 5.69 Å². The number of hydrogen-bond donors (Lipinski definition) is 1. The fraction of sp³-hybridized carbons (Fsp3) is 0.316. The minimum Gasteiger partial charge on any atom is -0.495 e. The third-order valence-corrected chi connectivity index (χ3v) is 6.56. The number of carbonyl (C=O) groups excluding carboxylic acids is 1. The molecule has 9 heteroatoms. The highest BCUT2D eigenvalue weighted by atomic mass is 35.5. The normalized spacial score (nSPS) is 16.2. The molecule has 1 N–H and O–H groups in total. The van der Waals surface area contributed by atoms with E-state index in [4.69, 9.17) is 21.1 Å². The number of nitrogens with zero attached hydrogens (tertiary/aromatic N) is 1. The molecule has 0 spiro atoms. The standard InChI is InChI=1S/C19H21ClN2O5S/c1-22(2)28(24,25)18-10-15(5-7-17(18)26-3)21-19(23)13-8-12-9-14(20)4-6-16(12)27-11-13/h4-7,9-10,13H,8,11H2,1-3H3,(H,21,23)/t13-/m0/s1. The van der Waals surface area contributed by atoms with Crippen molar-refractivity contribution in [2.24, 2.45) is 5.92 Å². The van der Waals surface area contributed by atoms with Crippen LogP contribution in [-0.4, -0.2) is 46.4 Å². The lowest BCUT2D eigenvalue weighted by atomic mass is 9.96. The van der Waals surface area contributed by atoms with E-state index in [2.05, 4.69) is 5.32 Å². The third-order valence-electron chi connectivity index (χ3n) is 4.49. The first kappa shape index (κ1) is 20.4. The van der Waals surface area contributed by atoms with Crippen molar-refractivity contribution in [1.82, 2.24) is 4.31 Å².